The van der Waals surface area contributed by atoms with E-state index in [1.54, 1.807) is 16.4 Å². The first-order chi connectivity index (χ1) is 12.0. The minimum Gasteiger partial charge on any atom is -0.375 e. The molecule has 0 saturated carbocycles. The number of hydrogen-bond acceptors (Lipinski definition) is 3. The predicted octanol–water partition coefficient (Wildman–Crippen LogP) is 3.27. The maximum Gasteiger partial charge on any atom is 0.243 e. The van der Waals surface area contributed by atoms with Gasteiger partial charge in [0.05, 0.1) is 17.6 Å². The molecular weight excluding hydrogens is 334 g/mol. The Morgan fingerprint density at radius 2 is 1.72 bits per heavy atom. The average molecular weight is 359 g/mol. The first-order valence-electron chi connectivity index (χ1n) is 8.77. The number of sulfonamides is 1. The molecule has 1 heterocycles. The van der Waals surface area contributed by atoms with Crippen molar-refractivity contribution in [3.8, 4) is 0 Å². The minimum absolute atomic E-state index is 0.122. The Kier molecular flexibility index (Phi) is 5.57. The van der Waals surface area contributed by atoms with Gasteiger partial charge >= 0.3 is 0 Å². The molecule has 0 radical (unpaired) electrons. The Hall–Kier alpha value is -1.69. The van der Waals surface area contributed by atoms with E-state index in [9.17, 15) is 8.42 Å². The van der Waals surface area contributed by atoms with Crippen molar-refractivity contribution in [2.45, 2.75) is 43.7 Å². The van der Waals surface area contributed by atoms with Crippen LogP contribution < -0.4 is 0 Å². The van der Waals surface area contributed by atoms with Gasteiger partial charge in [0.1, 0.15) is 0 Å². The van der Waals surface area contributed by atoms with Crippen molar-refractivity contribution in [2.24, 2.45) is 0 Å². The third-order valence-electron chi connectivity index (χ3n) is 4.69. The maximum atomic E-state index is 13.1. The lowest BCUT2D eigenvalue weighted by molar-refractivity contribution is -0.0265. The molecule has 0 amide bonds. The van der Waals surface area contributed by atoms with Gasteiger partial charge in [-0.2, -0.15) is 4.31 Å². The summed E-state index contributed by atoms with van der Waals surface area (Å²) in [7, 11) is -3.51. The van der Waals surface area contributed by atoms with Crippen LogP contribution in [0.3, 0.4) is 0 Å². The first kappa shape index (κ1) is 18.1. The van der Waals surface area contributed by atoms with E-state index in [1.807, 2.05) is 49.4 Å². The molecule has 134 valence electrons. The predicted molar refractivity (Wildman–Crippen MR) is 99.1 cm³/mol. The zero-order chi connectivity index (χ0) is 17.9. The maximum absolute atomic E-state index is 13.1. The molecule has 25 heavy (non-hydrogen) atoms. The van der Waals surface area contributed by atoms with Crippen LogP contribution in [0.25, 0.3) is 0 Å². The van der Waals surface area contributed by atoms with E-state index in [0.29, 0.717) is 24.5 Å². The van der Waals surface area contributed by atoms with E-state index < -0.39 is 10.0 Å². The van der Waals surface area contributed by atoms with E-state index in [4.69, 9.17) is 4.74 Å². The van der Waals surface area contributed by atoms with Gasteiger partial charge in [-0.15, -0.1) is 0 Å². The van der Waals surface area contributed by atoms with Crippen LogP contribution in [-0.2, 0) is 27.6 Å². The number of morpholine rings is 1. The van der Waals surface area contributed by atoms with Crippen LogP contribution in [0.5, 0.6) is 0 Å². The zero-order valence-electron chi connectivity index (χ0n) is 14.8. The molecule has 0 aliphatic carbocycles. The largest absolute Gasteiger partial charge is 0.375 e. The van der Waals surface area contributed by atoms with Gasteiger partial charge in [0.2, 0.25) is 10.0 Å². The lowest BCUT2D eigenvalue weighted by Crippen LogP contribution is -2.51. The lowest BCUT2D eigenvalue weighted by Gasteiger charge is -2.37. The Balaban J connectivity index is 1.78. The summed E-state index contributed by atoms with van der Waals surface area (Å²) < 4.78 is 33.6. The van der Waals surface area contributed by atoms with Gasteiger partial charge in [-0.3, -0.25) is 0 Å². The molecule has 0 bridgehead atoms. The molecule has 0 spiro atoms. The highest BCUT2D eigenvalue weighted by molar-refractivity contribution is 7.89. The second-order valence-electron chi connectivity index (χ2n) is 6.57. The van der Waals surface area contributed by atoms with Crippen molar-refractivity contribution in [2.75, 3.05) is 13.2 Å². The van der Waals surface area contributed by atoms with Crippen molar-refractivity contribution in [1.29, 1.82) is 0 Å². The van der Waals surface area contributed by atoms with Crippen LogP contribution in [0.15, 0.2) is 59.5 Å². The number of ether oxygens (including phenoxy) is 1. The molecular formula is C20H25NO3S. The third-order valence-corrected chi connectivity index (χ3v) is 6.69. The summed E-state index contributed by atoms with van der Waals surface area (Å²) in [4.78, 5) is 0.358. The quantitative estimate of drug-likeness (QED) is 0.823. The molecule has 2 atom stereocenters. The summed E-state index contributed by atoms with van der Waals surface area (Å²) in [6.07, 6.45) is 1.49. The minimum atomic E-state index is -3.51. The van der Waals surface area contributed by atoms with Gasteiger partial charge in [0.15, 0.2) is 0 Å². The normalized spacial score (nSPS) is 22.0. The van der Waals surface area contributed by atoms with Gasteiger partial charge in [0, 0.05) is 12.6 Å². The fourth-order valence-corrected chi connectivity index (χ4v) is 4.81. The summed E-state index contributed by atoms with van der Waals surface area (Å²) in [6, 6.07) is 17.1. The average Bonchev–Trinajstić information content (AvgIpc) is 2.64. The number of hydrogen-bond donors (Lipinski definition) is 0. The summed E-state index contributed by atoms with van der Waals surface area (Å²) >= 11 is 0. The van der Waals surface area contributed by atoms with Crippen molar-refractivity contribution in [3.63, 3.8) is 0 Å². The molecule has 0 aromatic heterocycles. The third kappa shape index (κ3) is 4.11. The van der Waals surface area contributed by atoms with Crippen molar-refractivity contribution < 1.29 is 13.2 Å². The van der Waals surface area contributed by atoms with Crippen molar-refractivity contribution >= 4 is 10.0 Å². The molecule has 2 aromatic carbocycles. The van der Waals surface area contributed by atoms with E-state index in [-0.39, 0.29) is 12.1 Å². The molecule has 1 aliphatic heterocycles. The van der Waals surface area contributed by atoms with Crippen LogP contribution in [-0.4, -0.2) is 38.0 Å². The van der Waals surface area contributed by atoms with E-state index in [1.165, 1.54) is 0 Å². The van der Waals surface area contributed by atoms with Crippen LogP contribution in [0.2, 0.25) is 0 Å². The van der Waals surface area contributed by atoms with E-state index in [2.05, 4.69) is 6.92 Å². The summed E-state index contributed by atoms with van der Waals surface area (Å²) in [6.45, 7) is 4.76. The fourth-order valence-electron chi connectivity index (χ4n) is 3.16. The summed E-state index contributed by atoms with van der Waals surface area (Å²) in [5, 5.41) is 0. The molecule has 1 aliphatic rings. The molecule has 1 fully saturated rings. The van der Waals surface area contributed by atoms with Crippen molar-refractivity contribution in [1.82, 2.24) is 4.31 Å². The Bertz CT molecular complexity index is 787. The Morgan fingerprint density at radius 3 is 2.36 bits per heavy atom. The summed E-state index contributed by atoms with van der Waals surface area (Å²) in [5.41, 5.74) is 2.29. The topological polar surface area (TPSA) is 46.6 Å². The highest BCUT2D eigenvalue weighted by Crippen LogP contribution is 2.24. The van der Waals surface area contributed by atoms with Crippen LogP contribution >= 0.6 is 0 Å². The zero-order valence-corrected chi connectivity index (χ0v) is 15.6. The van der Waals surface area contributed by atoms with Gasteiger partial charge in [-0.05, 0) is 43.0 Å². The van der Waals surface area contributed by atoms with Gasteiger partial charge in [-0.25, -0.2) is 8.42 Å². The SMILES string of the molecule is CCc1ccc(S(=O)(=O)N2CC(Cc3ccccc3)OCC2C)cc1. The van der Waals surface area contributed by atoms with Gasteiger partial charge in [-0.1, -0.05) is 49.4 Å². The standard InChI is InChI=1S/C20H25NO3S/c1-3-17-9-11-20(12-10-17)25(22,23)21-14-19(24-15-16(21)2)13-18-7-5-4-6-8-18/h4-12,16,19H,3,13-15H2,1-2H3. The molecule has 5 heteroatoms. The molecule has 3 rings (SSSR count). The molecule has 0 N–H and O–H groups in total. The van der Waals surface area contributed by atoms with Crippen LogP contribution in [0.1, 0.15) is 25.0 Å². The second-order valence-corrected chi connectivity index (χ2v) is 8.46. The highest BCUT2D eigenvalue weighted by Gasteiger charge is 2.35. The molecule has 4 nitrogen and oxygen atoms in total. The van der Waals surface area contributed by atoms with E-state index >= 15 is 0 Å². The smallest absolute Gasteiger partial charge is 0.243 e. The lowest BCUT2D eigenvalue weighted by atomic mass is 10.1. The van der Waals surface area contributed by atoms with Gasteiger partial charge in [0.25, 0.3) is 0 Å². The number of nitrogens with zero attached hydrogens (tertiary/aromatic N) is 1. The number of rotatable bonds is 5. The number of aryl methyl sites for hydroxylation is 1. The van der Waals surface area contributed by atoms with Crippen molar-refractivity contribution in [3.05, 3.63) is 65.7 Å². The monoisotopic (exact) mass is 359 g/mol. The first-order valence-corrected chi connectivity index (χ1v) is 10.2. The van der Waals surface area contributed by atoms with Crippen LogP contribution in [0.4, 0.5) is 0 Å². The Morgan fingerprint density at radius 1 is 1.04 bits per heavy atom. The molecule has 2 aromatic rings. The highest BCUT2D eigenvalue weighted by atomic mass is 32.2. The van der Waals surface area contributed by atoms with E-state index in [0.717, 1.165) is 17.5 Å². The van der Waals surface area contributed by atoms with Gasteiger partial charge < -0.3 is 4.74 Å². The Labute approximate surface area is 150 Å². The molecule has 2 unspecified atom stereocenters. The van der Waals surface area contributed by atoms with Crippen LogP contribution in [0, 0.1) is 0 Å². The number of benzene rings is 2. The second kappa shape index (κ2) is 7.68. The summed E-state index contributed by atoms with van der Waals surface area (Å²) in [5.74, 6) is 0. The fraction of sp³-hybridized carbons (Fsp3) is 0.400. The molecule has 1 saturated heterocycles.